The molecule has 0 saturated carbocycles. The Kier molecular flexibility index (Phi) is 4.60. The lowest BCUT2D eigenvalue weighted by Crippen LogP contribution is -2.34. The van der Waals surface area contributed by atoms with Gasteiger partial charge < -0.3 is 14.5 Å². The van der Waals surface area contributed by atoms with Gasteiger partial charge in [0.15, 0.2) is 0 Å². The molecule has 1 aliphatic rings. The van der Waals surface area contributed by atoms with Crippen LogP contribution in [0.4, 0.5) is 0 Å². The molecule has 0 spiro atoms. The molecule has 1 aliphatic heterocycles. The topological polar surface area (TPSA) is 66.8 Å². The minimum Gasteiger partial charge on any atom is -0.351 e. The zero-order valence-corrected chi connectivity index (χ0v) is 16.2. The molecule has 0 aliphatic carbocycles. The van der Waals surface area contributed by atoms with Crippen molar-refractivity contribution in [2.24, 2.45) is 0 Å². The van der Waals surface area contributed by atoms with E-state index in [0.29, 0.717) is 18.8 Å². The largest absolute Gasteiger partial charge is 0.351 e. The monoisotopic (exact) mass is 385 g/mol. The Bertz CT molecular complexity index is 1110. The van der Waals surface area contributed by atoms with E-state index in [1.54, 1.807) is 0 Å². The minimum atomic E-state index is 0.0470. The van der Waals surface area contributed by atoms with Gasteiger partial charge in [0.2, 0.25) is 0 Å². The van der Waals surface area contributed by atoms with Gasteiger partial charge in [-0.2, -0.15) is 0 Å². The Morgan fingerprint density at radius 2 is 1.76 bits per heavy atom. The highest BCUT2D eigenvalue weighted by Gasteiger charge is 2.23. The molecule has 0 fully saturated rings. The molecular weight excluding hydrogens is 362 g/mol. The molecule has 2 aromatic heterocycles. The van der Waals surface area contributed by atoms with Gasteiger partial charge in [0.25, 0.3) is 5.91 Å². The van der Waals surface area contributed by atoms with Crippen LogP contribution in [0.25, 0.3) is 10.9 Å². The van der Waals surface area contributed by atoms with Gasteiger partial charge in [-0.05, 0) is 24.1 Å². The van der Waals surface area contributed by atoms with E-state index in [2.05, 4.69) is 44.0 Å². The molecule has 6 heteroatoms. The number of carbonyl (C=O) groups is 1. The second kappa shape index (κ2) is 7.54. The lowest BCUT2D eigenvalue weighted by atomic mass is 10.1. The van der Waals surface area contributed by atoms with E-state index in [0.717, 1.165) is 48.4 Å². The molecule has 5 rings (SSSR count). The van der Waals surface area contributed by atoms with Crippen LogP contribution < -0.4 is 0 Å². The fourth-order valence-electron chi connectivity index (χ4n) is 4.03. The third-order valence-electron chi connectivity index (χ3n) is 5.63. The predicted octanol–water partition coefficient (Wildman–Crippen LogP) is 3.24. The standard InChI is InChI=1S/C23H23N5O/c29-23(20-16-18-8-4-5-9-19(18)24-20)27-13-12-22-26-25-21(28(22)15-14-27)11-10-17-6-2-1-3-7-17/h1-9,16,24H,10-15H2. The summed E-state index contributed by atoms with van der Waals surface area (Å²) in [5.41, 5.74) is 2.94. The molecule has 29 heavy (non-hydrogen) atoms. The van der Waals surface area contributed by atoms with Crippen LogP contribution in [0.15, 0.2) is 60.7 Å². The van der Waals surface area contributed by atoms with Crippen molar-refractivity contribution < 1.29 is 4.79 Å². The Morgan fingerprint density at radius 1 is 0.931 bits per heavy atom. The van der Waals surface area contributed by atoms with E-state index in [1.807, 2.05) is 41.3 Å². The molecule has 4 aromatic rings. The molecule has 1 N–H and O–H groups in total. The summed E-state index contributed by atoms with van der Waals surface area (Å²) in [5, 5.41) is 9.87. The van der Waals surface area contributed by atoms with Crippen LogP contribution >= 0.6 is 0 Å². The number of amides is 1. The quantitative estimate of drug-likeness (QED) is 0.586. The fourth-order valence-corrected chi connectivity index (χ4v) is 4.03. The van der Waals surface area contributed by atoms with E-state index in [4.69, 9.17) is 0 Å². The van der Waals surface area contributed by atoms with Gasteiger partial charge in [-0.3, -0.25) is 4.79 Å². The van der Waals surface area contributed by atoms with Crippen LogP contribution in [0.1, 0.15) is 27.7 Å². The first-order valence-corrected chi connectivity index (χ1v) is 10.1. The molecule has 146 valence electrons. The number of nitrogens with zero attached hydrogens (tertiary/aromatic N) is 4. The van der Waals surface area contributed by atoms with E-state index < -0.39 is 0 Å². The number of aromatic nitrogens is 4. The van der Waals surface area contributed by atoms with Gasteiger partial charge in [-0.1, -0.05) is 48.5 Å². The Morgan fingerprint density at radius 3 is 2.62 bits per heavy atom. The van der Waals surface area contributed by atoms with Crippen molar-refractivity contribution in [1.29, 1.82) is 0 Å². The zero-order chi connectivity index (χ0) is 19.6. The number of aryl methyl sites for hydroxylation is 2. The summed E-state index contributed by atoms with van der Waals surface area (Å²) in [6.07, 6.45) is 2.52. The number of para-hydroxylation sites is 1. The van der Waals surface area contributed by atoms with E-state index in [1.165, 1.54) is 5.56 Å². The Labute approximate surface area is 169 Å². The SMILES string of the molecule is O=C(c1cc2ccccc2[nH]1)N1CCc2nnc(CCc3ccccc3)n2CC1. The lowest BCUT2D eigenvalue weighted by molar-refractivity contribution is 0.0754. The van der Waals surface area contributed by atoms with Crippen molar-refractivity contribution in [2.75, 3.05) is 13.1 Å². The highest BCUT2D eigenvalue weighted by Crippen LogP contribution is 2.18. The highest BCUT2D eigenvalue weighted by molar-refractivity contribution is 5.98. The van der Waals surface area contributed by atoms with Crippen LogP contribution in [0.3, 0.4) is 0 Å². The predicted molar refractivity (Wildman–Crippen MR) is 112 cm³/mol. The molecule has 2 aromatic carbocycles. The number of hydrogen-bond donors (Lipinski definition) is 1. The van der Waals surface area contributed by atoms with Crippen molar-refractivity contribution in [2.45, 2.75) is 25.8 Å². The van der Waals surface area contributed by atoms with Crippen LogP contribution in [0, 0.1) is 0 Å². The smallest absolute Gasteiger partial charge is 0.270 e. The van der Waals surface area contributed by atoms with Gasteiger partial charge in [0.05, 0.1) is 0 Å². The van der Waals surface area contributed by atoms with Gasteiger partial charge in [0.1, 0.15) is 17.3 Å². The summed E-state index contributed by atoms with van der Waals surface area (Å²) in [5.74, 6) is 2.02. The maximum Gasteiger partial charge on any atom is 0.270 e. The van der Waals surface area contributed by atoms with Crippen LogP contribution in [-0.4, -0.2) is 43.6 Å². The normalized spacial score (nSPS) is 14.0. The van der Waals surface area contributed by atoms with Crippen LogP contribution in [-0.2, 0) is 25.8 Å². The number of carbonyl (C=O) groups excluding carboxylic acids is 1. The molecule has 3 heterocycles. The number of fused-ring (bicyclic) bond motifs is 2. The van der Waals surface area contributed by atoms with Gasteiger partial charge in [0, 0.05) is 43.4 Å². The van der Waals surface area contributed by atoms with Crippen molar-refractivity contribution >= 4 is 16.8 Å². The number of aromatic amines is 1. The molecule has 0 radical (unpaired) electrons. The van der Waals surface area contributed by atoms with Crippen molar-refractivity contribution in [3.63, 3.8) is 0 Å². The maximum atomic E-state index is 13.0. The third-order valence-corrected chi connectivity index (χ3v) is 5.63. The van der Waals surface area contributed by atoms with E-state index in [9.17, 15) is 4.79 Å². The molecular formula is C23H23N5O. The number of hydrogen-bond acceptors (Lipinski definition) is 3. The van der Waals surface area contributed by atoms with Gasteiger partial charge in [-0.25, -0.2) is 0 Å². The second-order valence-electron chi connectivity index (χ2n) is 7.48. The summed E-state index contributed by atoms with van der Waals surface area (Å²) in [7, 11) is 0. The molecule has 1 amide bonds. The lowest BCUT2D eigenvalue weighted by Gasteiger charge is -2.19. The molecule has 0 bridgehead atoms. The Balaban J connectivity index is 1.29. The first-order valence-electron chi connectivity index (χ1n) is 10.1. The zero-order valence-electron chi connectivity index (χ0n) is 16.2. The Hall–Kier alpha value is -3.41. The van der Waals surface area contributed by atoms with E-state index >= 15 is 0 Å². The molecule has 0 atom stereocenters. The van der Waals surface area contributed by atoms with Crippen molar-refractivity contribution in [3.8, 4) is 0 Å². The third kappa shape index (κ3) is 3.53. The fraction of sp³-hybridized carbons (Fsp3) is 0.261. The average Bonchev–Trinajstić information content (AvgIpc) is 3.30. The van der Waals surface area contributed by atoms with Crippen LogP contribution in [0.5, 0.6) is 0 Å². The van der Waals surface area contributed by atoms with Crippen LogP contribution in [0.2, 0.25) is 0 Å². The maximum absolute atomic E-state index is 13.0. The molecule has 6 nitrogen and oxygen atoms in total. The van der Waals surface area contributed by atoms with Gasteiger partial charge >= 0.3 is 0 Å². The van der Waals surface area contributed by atoms with Crippen molar-refractivity contribution in [3.05, 3.63) is 83.6 Å². The number of H-pyrrole nitrogens is 1. The first-order chi connectivity index (χ1) is 14.3. The average molecular weight is 385 g/mol. The molecule has 0 unspecified atom stereocenters. The number of rotatable bonds is 4. The summed E-state index contributed by atoms with van der Waals surface area (Å²) in [4.78, 5) is 18.2. The summed E-state index contributed by atoms with van der Waals surface area (Å²) < 4.78 is 2.20. The number of nitrogens with one attached hydrogen (secondary N) is 1. The summed E-state index contributed by atoms with van der Waals surface area (Å²) in [6.45, 7) is 2.06. The van der Waals surface area contributed by atoms with E-state index in [-0.39, 0.29) is 5.91 Å². The minimum absolute atomic E-state index is 0.0470. The second-order valence-corrected chi connectivity index (χ2v) is 7.48. The highest BCUT2D eigenvalue weighted by atomic mass is 16.2. The summed E-state index contributed by atoms with van der Waals surface area (Å²) in [6, 6.07) is 20.3. The van der Waals surface area contributed by atoms with Gasteiger partial charge in [-0.15, -0.1) is 10.2 Å². The summed E-state index contributed by atoms with van der Waals surface area (Å²) >= 11 is 0. The molecule has 0 saturated heterocycles. The number of benzene rings is 2. The van der Waals surface area contributed by atoms with Crippen molar-refractivity contribution in [1.82, 2.24) is 24.6 Å². The first kappa shape index (κ1) is 17.7.